The Morgan fingerprint density at radius 3 is 1.95 bits per heavy atom. The van der Waals surface area contributed by atoms with Crippen molar-refractivity contribution < 1.29 is 19.8 Å². The van der Waals surface area contributed by atoms with Crippen molar-refractivity contribution in [3.8, 4) is 5.75 Å². The Hall–Kier alpha value is -2.62. The number of carbonyl (C=O) groups excluding carboxylic acids is 1. The Kier molecular flexibility index (Phi) is 4.15. The summed E-state index contributed by atoms with van der Waals surface area (Å²) in [5.74, 6) is -0.838. The lowest BCUT2D eigenvalue weighted by molar-refractivity contribution is 0.0696. The van der Waals surface area contributed by atoms with Crippen molar-refractivity contribution in [1.29, 1.82) is 0 Å². The van der Waals surface area contributed by atoms with Crippen molar-refractivity contribution in [2.24, 2.45) is 0 Å². The van der Waals surface area contributed by atoms with Gasteiger partial charge in [-0.1, -0.05) is 12.1 Å². The zero-order chi connectivity index (χ0) is 14.5. The molecule has 2 aromatic carbocycles. The quantitative estimate of drug-likeness (QED) is 0.819. The smallest absolute Gasteiger partial charge is 0.335 e. The summed E-state index contributed by atoms with van der Waals surface area (Å²) >= 11 is 0. The van der Waals surface area contributed by atoms with E-state index in [0.29, 0.717) is 18.4 Å². The predicted molar refractivity (Wildman–Crippen MR) is 74.2 cm³/mol. The zero-order valence-corrected chi connectivity index (χ0v) is 10.7. The van der Waals surface area contributed by atoms with Crippen LogP contribution in [0.15, 0.2) is 48.5 Å². The predicted octanol–water partition coefficient (Wildman–Crippen LogP) is 2.91. The van der Waals surface area contributed by atoms with Crippen LogP contribution in [0.1, 0.15) is 32.7 Å². The molecule has 2 N–H and O–H groups in total. The molecule has 0 saturated heterocycles. The zero-order valence-electron chi connectivity index (χ0n) is 10.7. The van der Waals surface area contributed by atoms with Gasteiger partial charge in [0.15, 0.2) is 5.78 Å². The Balaban J connectivity index is 1.96. The monoisotopic (exact) mass is 270 g/mol. The number of rotatable bonds is 5. The Labute approximate surface area is 116 Å². The average Bonchev–Trinajstić information content (AvgIpc) is 2.46. The minimum absolute atomic E-state index is 0.00712. The molecule has 2 rings (SSSR count). The maximum Gasteiger partial charge on any atom is 0.335 e. The number of aromatic carboxylic acids is 1. The first kappa shape index (κ1) is 13.8. The van der Waals surface area contributed by atoms with Crippen LogP contribution in [-0.2, 0) is 6.42 Å². The van der Waals surface area contributed by atoms with Gasteiger partial charge in [-0.2, -0.15) is 0 Å². The van der Waals surface area contributed by atoms with E-state index < -0.39 is 5.97 Å². The van der Waals surface area contributed by atoms with Crippen LogP contribution in [-0.4, -0.2) is 22.0 Å². The van der Waals surface area contributed by atoms with Gasteiger partial charge in [-0.05, 0) is 48.4 Å². The van der Waals surface area contributed by atoms with Gasteiger partial charge in [-0.3, -0.25) is 4.79 Å². The molecule has 0 amide bonds. The molecule has 0 fully saturated rings. The second-order valence-electron chi connectivity index (χ2n) is 4.47. The average molecular weight is 270 g/mol. The molecule has 0 unspecified atom stereocenters. The molecule has 0 radical (unpaired) electrons. The van der Waals surface area contributed by atoms with E-state index in [1.54, 1.807) is 24.3 Å². The number of benzene rings is 2. The van der Waals surface area contributed by atoms with Crippen molar-refractivity contribution >= 4 is 11.8 Å². The highest BCUT2D eigenvalue weighted by atomic mass is 16.4. The van der Waals surface area contributed by atoms with Crippen LogP contribution < -0.4 is 0 Å². The SMILES string of the molecule is O=C(O)c1ccc(CCC(=O)c2ccc(O)cc2)cc1. The Morgan fingerprint density at radius 1 is 0.850 bits per heavy atom. The largest absolute Gasteiger partial charge is 0.508 e. The molecule has 0 atom stereocenters. The minimum atomic E-state index is -0.961. The number of Topliss-reactive ketones (excluding diaryl/α,β-unsaturated/α-hetero) is 1. The van der Waals surface area contributed by atoms with Crippen LogP contribution in [0, 0.1) is 0 Å². The van der Waals surface area contributed by atoms with Crippen molar-refractivity contribution in [1.82, 2.24) is 0 Å². The Morgan fingerprint density at radius 2 is 1.40 bits per heavy atom. The summed E-state index contributed by atoms with van der Waals surface area (Å²) in [5.41, 5.74) is 1.71. The molecular weight excluding hydrogens is 256 g/mol. The molecule has 0 aromatic heterocycles. The van der Waals surface area contributed by atoms with E-state index >= 15 is 0 Å². The lowest BCUT2D eigenvalue weighted by atomic mass is 10.0. The maximum absolute atomic E-state index is 11.9. The van der Waals surface area contributed by atoms with Crippen molar-refractivity contribution in [2.75, 3.05) is 0 Å². The van der Waals surface area contributed by atoms with E-state index in [1.165, 1.54) is 24.3 Å². The van der Waals surface area contributed by atoms with E-state index in [-0.39, 0.29) is 17.1 Å². The minimum Gasteiger partial charge on any atom is -0.508 e. The first-order chi connectivity index (χ1) is 9.56. The van der Waals surface area contributed by atoms with Gasteiger partial charge in [-0.25, -0.2) is 4.79 Å². The van der Waals surface area contributed by atoms with Crippen LogP contribution >= 0.6 is 0 Å². The van der Waals surface area contributed by atoms with E-state index in [2.05, 4.69) is 0 Å². The lowest BCUT2D eigenvalue weighted by Crippen LogP contribution is -2.01. The fraction of sp³-hybridized carbons (Fsp3) is 0.125. The fourth-order valence-electron chi connectivity index (χ4n) is 1.86. The van der Waals surface area contributed by atoms with Gasteiger partial charge in [-0.15, -0.1) is 0 Å². The molecule has 0 heterocycles. The molecule has 102 valence electrons. The highest BCUT2D eigenvalue weighted by Crippen LogP contribution is 2.13. The Bertz CT molecular complexity index is 612. The van der Waals surface area contributed by atoms with Crippen molar-refractivity contribution in [2.45, 2.75) is 12.8 Å². The summed E-state index contributed by atoms with van der Waals surface area (Å²) < 4.78 is 0. The van der Waals surface area contributed by atoms with Gasteiger partial charge in [0, 0.05) is 12.0 Å². The van der Waals surface area contributed by atoms with Crippen LogP contribution in [0.25, 0.3) is 0 Å². The second-order valence-corrected chi connectivity index (χ2v) is 4.47. The molecular formula is C16H14O4. The summed E-state index contributed by atoms with van der Waals surface area (Å²) in [6.45, 7) is 0. The standard InChI is InChI=1S/C16H14O4/c17-14-8-6-12(7-9-14)15(18)10-3-11-1-4-13(5-2-11)16(19)20/h1-2,4-9,17H,3,10H2,(H,19,20). The van der Waals surface area contributed by atoms with E-state index in [0.717, 1.165) is 5.56 Å². The number of phenols is 1. The molecule has 0 saturated carbocycles. The van der Waals surface area contributed by atoms with E-state index in [1.807, 2.05) is 0 Å². The van der Waals surface area contributed by atoms with Gasteiger partial charge in [0.1, 0.15) is 5.75 Å². The third-order valence-corrected chi connectivity index (χ3v) is 3.03. The fourth-order valence-corrected chi connectivity index (χ4v) is 1.86. The number of carbonyl (C=O) groups is 2. The molecule has 0 aliphatic rings. The van der Waals surface area contributed by atoms with E-state index in [4.69, 9.17) is 10.2 Å². The first-order valence-electron chi connectivity index (χ1n) is 6.21. The number of hydrogen-bond donors (Lipinski definition) is 2. The lowest BCUT2D eigenvalue weighted by Gasteiger charge is -2.03. The number of ketones is 1. The molecule has 2 aromatic rings. The number of phenolic OH excluding ortho intramolecular Hbond substituents is 1. The molecule has 4 nitrogen and oxygen atoms in total. The van der Waals surface area contributed by atoms with Crippen LogP contribution in [0.3, 0.4) is 0 Å². The molecule has 0 aliphatic carbocycles. The summed E-state index contributed by atoms with van der Waals surface area (Å²) in [4.78, 5) is 22.6. The normalized spacial score (nSPS) is 10.2. The highest BCUT2D eigenvalue weighted by molar-refractivity contribution is 5.96. The summed E-state index contributed by atoms with van der Waals surface area (Å²) in [6.07, 6.45) is 0.900. The molecule has 0 spiro atoms. The molecule has 0 aliphatic heterocycles. The van der Waals surface area contributed by atoms with Crippen molar-refractivity contribution in [3.05, 3.63) is 65.2 Å². The molecule has 20 heavy (non-hydrogen) atoms. The van der Waals surface area contributed by atoms with Gasteiger partial charge < -0.3 is 10.2 Å². The second kappa shape index (κ2) is 6.02. The summed E-state index contributed by atoms with van der Waals surface area (Å²) in [6, 6.07) is 12.6. The number of aromatic hydroxyl groups is 1. The summed E-state index contributed by atoms with van der Waals surface area (Å²) in [7, 11) is 0. The number of carboxylic acids is 1. The highest BCUT2D eigenvalue weighted by Gasteiger charge is 2.07. The van der Waals surface area contributed by atoms with Gasteiger partial charge in [0.05, 0.1) is 5.56 Å². The van der Waals surface area contributed by atoms with Crippen LogP contribution in [0.4, 0.5) is 0 Å². The topological polar surface area (TPSA) is 74.6 Å². The van der Waals surface area contributed by atoms with Gasteiger partial charge in [0.25, 0.3) is 0 Å². The maximum atomic E-state index is 11.9. The summed E-state index contributed by atoms with van der Waals surface area (Å²) in [5, 5.41) is 17.9. The van der Waals surface area contributed by atoms with Gasteiger partial charge in [0.2, 0.25) is 0 Å². The molecule has 0 bridgehead atoms. The first-order valence-corrected chi connectivity index (χ1v) is 6.21. The third-order valence-electron chi connectivity index (χ3n) is 3.03. The van der Waals surface area contributed by atoms with Crippen molar-refractivity contribution in [3.63, 3.8) is 0 Å². The number of hydrogen-bond acceptors (Lipinski definition) is 3. The van der Waals surface area contributed by atoms with Gasteiger partial charge >= 0.3 is 5.97 Å². The number of carboxylic acid groups (broad SMARTS) is 1. The van der Waals surface area contributed by atoms with Crippen LogP contribution in [0.2, 0.25) is 0 Å². The third kappa shape index (κ3) is 3.45. The van der Waals surface area contributed by atoms with Crippen LogP contribution in [0.5, 0.6) is 5.75 Å². The molecule has 4 heteroatoms. The van der Waals surface area contributed by atoms with E-state index in [9.17, 15) is 9.59 Å². The number of aryl methyl sites for hydroxylation is 1.